The summed E-state index contributed by atoms with van der Waals surface area (Å²) in [6.45, 7) is 2.07. The topological polar surface area (TPSA) is 84.4 Å². The van der Waals surface area contributed by atoms with Crippen LogP contribution < -0.4 is 15.0 Å². The lowest BCUT2D eigenvalue weighted by atomic mass is 10.1. The van der Waals surface area contributed by atoms with Gasteiger partial charge in [-0.2, -0.15) is 0 Å². The van der Waals surface area contributed by atoms with Crippen molar-refractivity contribution in [3.63, 3.8) is 0 Å². The number of ether oxygens (including phenoxy) is 1. The zero-order valence-electron chi connectivity index (χ0n) is 13.1. The summed E-state index contributed by atoms with van der Waals surface area (Å²) >= 11 is 7.31. The summed E-state index contributed by atoms with van der Waals surface area (Å²) in [5, 5.41) is 12.1. The van der Waals surface area contributed by atoms with Gasteiger partial charge in [-0.3, -0.25) is 9.59 Å². The number of methoxy groups -OCH3 is 1. The van der Waals surface area contributed by atoms with E-state index in [0.29, 0.717) is 21.6 Å². The van der Waals surface area contributed by atoms with Gasteiger partial charge in [0.15, 0.2) is 0 Å². The normalized spacial score (nSPS) is 17.2. The molecule has 2 amide bonds. The highest BCUT2D eigenvalue weighted by molar-refractivity contribution is 7.15. The highest BCUT2D eigenvalue weighted by Crippen LogP contribution is 2.35. The van der Waals surface area contributed by atoms with E-state index in [1.54, 1.807) is 25.1 Å². The summed E-state index contributed by atoms with van der Waals surface area (Å²) in [6, 6.07) is 5.04. The van der Waals surface area contributed by atoms with Crippen LogP contribution in [0.15, 0.2) is 18.2 Å². The molecule has 0 spiro atoms. The van der Waals surface area contributed by atoms with E-state index >= 15 is 0 Å². The van der Waals surface area contributed by atoms with Crippen LogP contribution in [0.2, 0.25) is 5.02 Å². The number of amides is 2. The number of aromatic nitrogens is 2. The second-order valence-corrected chi connectivity index (χ2v) is 6.96. The van der Waals surface area contributed by atoms with Crippen LogP contribution in [0.4, 0.5) is 10.8 Å². The molecule has 2 heterocycles. The van der Waals surface area contributed by atoms with Gasteiger partial charge in [0, 0.05) is 18.0 Å². The highest BCUT2D eigenvalue weighted by Gasteiger charge is 2.36. The van der Waals surface area contributed by atoms with Crippen LogP contribution in [0, 0.1) is 12.8 Å². The lowest BCUT2D eigenvalue weighted by Gasteiger charge is -2.19. The van der Waals surface area contributed by atoms with Gasteiger partial charge in [0.25, 0.3) is 0 Å². The molecule has 9 heteroatoms. The minimum Gasteiger partial charge on any atom is -0.495 e. The molecule has 0 radical (unpaired) electrons. The van der Waals surface area contributed by atoms with Crippen molar-refractivity contribution in [1.82, 2.24) is 10.2 Å². The van der Waals surface area contributed by atoms with E-state index in [-0.39, 0.29) is 24.8 Å². The number of nitrogens with one attached hydrogen (secondary N) is 1. The molecule has 3 rings (SSSR count). The molecule has 0 saturated carbocycles. The Labute approximate surface area is 147 Å². The molecule has 2 aromatic rings. The molecule has 1 aliphatic heterocycles. The molecule has 1 fully saturated rings. The molecule has 1 saturated heterocycles. The Balaban J connectivity index is 1.76. The van der Waals surface area contributed by atoms with E-state index in [4.69, 9.17) is 16.3 Å². The van der Waals surface area contributed by atoms with Crippen LogP contribution >= 0.6 is 22.9 Å². The van der Waals surface area contributed by atoms with Crippen LogP contribution in [0.1, 0.15) is 11.4 Å². The van der Waals surface area contributed by atoms with Crippen molar-refractivity contribution in [2.75, 3.05) is 23.9 Å². The van der Waals surface area contributed by atoms with E-state index in [1.807, 2.05) is 0 Å². The number of rotatable bonds is 4. The Morgan fingerprint density at radius 2 is 2.25 bits per heavy atom. The van der Waals surface area contributed by atoms with Crippen molar-refractivity contribution in [2.45, 2.75) is 13.3 Å². The Morgan fingerprint density at radius 1 is 1.46 bits per heavy atom. The lowest BCUT2D eigenvalue weighted by Crippen LogP contribution is -2.28. The Bertz CT molecular complexity index is 795. The van der Waals surface area contributed by atoms with Gasteiger partial charge < -0.3 is 15.0 Å². The number of anilines is 2. The number of hydrogen-bond acceptors (Lipinski definition) is 6. The standard InChI is InChI=1S/C15H15ClN4O3S/c1-8-18-19-15(24-8)17-14(22)9-5-13(21)20(7-9)11-6-10(16)3-4-12(11)23-2/h3-4,6,9H,5,7H2,1-2H3,(H,17,19,22). The smallest absolute Gasteiger partial charge is 0.231 e. The molecule has 126 valence electrons. The molecular weight excluding hydrogens is 352 g/mol. The van der Waals surface area contributed by atoms with Gasteiger partial charge in [0.2, 0.25) is 16.9 Å². The van der Waals surface area contributed by atoms with Crippen molar-refractivity contribution < 1.29 is 14.3 Å². The zero-order valence-corrected chi connectivity index (χ0v) is 14.6. The fourth-order valence-electron chi connectivity index (χ4n) is 2.54. The van der Waals surface area contributed by atoms with E-state index < -0.39 is 5.92 Å². The summed E-state index contributed by atoms with van der Waals surface area (Å²) in [4.78, 5) is 26.2. The maximum Gasteiger partial charge on any atom is 0.231 e. The quantitative estimate of drug-likeness (QED) is 0.898. The largest absolute Gasteiger partial charge is 0.495 e. The van der Waals surface area contributed by atoms with Gasteiger partial charge in [-0.15, -0.1) is 10.2 Å². The van der Waals surface area contributed by atoms with Crippen LogP contribution in [-0.4, -0.2) is 35.7 Å². The van der Waals surface area contributed by atoms with Gasteiger partial charge in [-0.1, -0.05) is 22.9 Å². The van der Waals surface area contributed by atoms with Crippen LogP contribution in [0.5, 0.6) is 5.75 Å². The predicted molar refractivity (Wildman–Crippen MR) is 91.7 cm³/mol. The molecule has 1 unspecified atom stereocenters. The van der Waals surface area contributed by atoms with Gasteiger partial charge in [-0.25, -0.2) is 0 Å². The maximum absolute atomic E-state index is 12.4. The number of aryl methyl sites for hydroxylation is 1. The summed E-state index contributed by atoms with van der Waals surface area (Å²) < 4.78 is 5.29. The molecule has 0 bridgehead atoms. The first-order valence-corrected chi connectivity index (χ1v) is 8.42. The number of carbonyl (C=O) groups excluding carboxylic acids is 2. The molecule has 24 heavy (non-hydrogen) atoms. The Morgan fingerprint density at radius 3 is 2.92 bits per heavy atom. The Hall–Kier alpha value is -2.19. The second kappa shape index (κ2) is 6.74. The SMILES string of the molecule is COc1ccc(Cl)cc1N1CC(C(=O)Nc2nnc(C)s2)CC1=O. The van der Waals surface area contributed by atoms with Crippen molar-refractivity contribution >= 4 is 45.6 Å². The first kappa shape index (κ1) is 16.7. The Kier molecular flexibility index (Phi) is 4.68. The van der Waals surface area contributed by atoms with E-state index in [1.165, 1.54) is 23.3 Å². The molecule has 1 N–H and O–H groups in total. The molecule has 1 aromatic carbocycles. The molecule has 1 aromatic heterocycles. The number of benzene rings is 1. The fraction of sp³-hybridized carbons (Fsp3) is 0.333. The van der Waals surface area contributed by atoms with Crippen molar-refractivity contribution in [3.05, 3.63) is 28.2 Å². The van der Waals surface area contributed by atoms with Crippen molar-refractivity contribution in [3.8, 4) is 5.75 Å². The molecule has 0 aliphatic carbocycles. The van der Waals surface area contributed by atoms with E-state index in [0.717, 1.165) is 5.01 Å². The average Bonchev–Trinajstić information content (AvgIpc) is 3.13. The molecular formula is C15H15ClN4O3S. The molecule has 1 atom stereocenters. The van der Waals surface area contributed by atoms with Crippen LogP contribution in [0.25, 0.3) is 0 Å². The van der Waals surface area contributed by atoms with Crippen LogP contribution in [0.3, 0.4) is 0 Å². The third-order valence-electron chi connectivity index (χ3n) is 3.68. The molecule has 7 nitrogen and oxygen atoms in total. The highest BCUT2D eigenvalue weighted by atomic mass is 35.5. The lowest BCUT2D eigenvalue weighted by molar-refractivity contribution is -0.122. The molecule has 1 aliphatic rings. The first-order chi connectivity index (χ1) is 11.5. The number of carbonyl (C=O) groups is 2. The van der Waals surface area contributed by atoms with E-state index in [2.05, 4.69) is 15.5 Å². The van der Waals surface area contributed by atoms with Crippen LogP contribution in [-0.2, 0) is 9.59 Å². The fourth-order valence-corrected chi connectivity index (χ4v) is 3.31. The maximum atomic E-state index is 12.4. The number of hydrogen-bond donors (Lipinski definition) is 1. The summed E-state index contributed by atoms with van der Waals surface area (Å²) in [6.07, 6.45) is 0.124. The minimum atomic E-state index is -0.467. The number of nitrogens with zero attached hydrogens (tertiary/aromatic N) is 3. The summed E-state index contributed by atoms with van der Waals surface area (Å²) in [5.41, 5.74) is 0.567. The minimum absolute atomic E-state index is 0.124. The van der Waals surface area contributed by atoms with Crippen molar-refractivity contribution in [2.24, 2.45) is 5.92 Å². The predicted octanol–water partition coefficient (Wildman–Crippen LogP) is 2.50. The van der Waals surface area contributed by atoms with Gasteiger partial charge in [-0.05, 0) is 25.1 Å². The number of halogens is 1. The summed E-state index contributed by atoms with van der Waals surface area (Å²) in [7, 11) is 1.52. The van der Waals surface area contributed by atoms with Gasteiger partial charge in [0.1, 0.15) is 10.8 Å². The average molecular weight is 367 g/mol. The van der Waals surface area contributed by atoms with Gasteiger partial charge in [0.05, 0.1) is 18.7 Å². The third-order valence-corrected chi connectivity index (χ3v) is 4.67. The second-order valence-electron chi connectivity index (χ2n) is 5.34. The third kappa shape index (κ3) is 3.34. The van der Waals surface area contributed by atoms with Crippen molar-refractivity contribution in [1.29, 1.82) is 0 Å². The monoisotopic (exact) mass is 366 g/mol. The van der Waals surface area contributed by atoms with E-state index in [9.17, 15) is 9.59 Å². The van der Waals surface area contributed by atoms with Gasteiger partial charge >= 0.3 is 0 Å². The zero-order chi connectivity index (χ0) is 17.3. The first-order valence-electron chi connectivity index (χ1n) is 7.23. The summed E-state index contributed by atoms with van der Waals surface area (Å²) in [5.74, 6) is -0.328.